The first-order valence-corrected chi connectivity index (χ1v) is 4.63. The molecule has 0 aromatic rings. The molecule has 0 saturated heterocycles. The molecule has 84 valence electrons. The van der Waals surface area contributed by atoms with Crippen molar-refractivity contribution in [3.8, 4) is 0 Å². The van der Waals surface area contributed by atoms with E-state index >= 15 is 0 Å². The van der Waals surface area contributed by atoms with E-state index in [9.17, 15) is 4.79 Å². The van der Waals surface area contributed by atoms with Crippen molar-refractivity contribution >= 4 is 6.09 Å². The quantitative estimate of drug-likeness (QED) is 0.671. The maximum absolute atomic E-state index is 11.2. The number of ether oxygens (including phenoxy) is 1. The second-order valence-corrected chi connectivity index (χ2v) is 4.32. The molecule has 0 saturated carbocycles. The van der Waals surface area contributed by atoms with E-state index in [1.54, 1.807) is 0 Å². The van der Waals surface area contributed by atoms with E-state index in [1.807, 2.05) is 27.7 Å². The number of nitrogens with one attached hydrogen (secondary N) is 1. The second kappa shape index (κ2) is 5.82. The van der Waals surface area contributed by atoms with Crippen LogP contribution in [0.15, 0.2) is 0 Å². The Morgan fingerprint density at radius 3 is 2.50 bits per heavy atom. The molecule has 1 atom stereocenters. The molecule has 0 heterocycles. The van der Waals surface area contributed by atoms with E-state index in [0.29, 0.717) is 13.2 Å². The van der Waals surface area contributed by atoms with Gasteiger partial charge in [0, 0.05) is 6.54 Å². The lowest BCUT2D eigenvalue weighted by atomic mass is 10.2. The zero-order valence-electron chi connectivity index (χ0n) is 9.29. The normalized spacial score (nSPS) is 13.5. The summed E-state index contributed by atoms with van der Waals surface area (Å²) in [5.41, 5.74) is -0.461. The average Bonchev–Trinajstić information content (AvgIpc) is 1.98. The molecule has 0 aromatic carbocycles. The van der Waals surface area contributed by atoms with Crippen molar-refractivity contribution in [2.24, 2.45) is 11.8 Å². The molecule has 0 spiro atoms. The molecule has 3 N–H and O–H groups in total. The van der Waals surface area contributed by atoms with Gasteiger partial charge in [0.15, 0.2) is 0 Å². The van der Waals surface area contributed by atoms with Crippen LogP contribution in [0.5, 0.6) is 0 Å². The number of carbonyl (C=O) groups excluding carboxylic acids is 1. The predicted octanol–water partition coefficient (Wildman–Crippen LogP) is 1.04. The minimum Gasteiger partial charge on any atom is -0.444 e. The van der Waals surface area contributed by atoms with Gasteiger partial charge in [-0.2, -0.15) is 0 Å². The first-order chi connectivity index (χ1) is 6.35. The molecule has 5 nitrogen and oxygen atoms in total. The SMILES string of the molecule is CC(CNC(=O)OC(C)(C)C)CON. The molecule has 0 aliphatic rings. The van der Waals surface area contributed by atoms with Crippen LogP contribution in [-0.2, 0) is 9.57 Å². The molecule has 0 fully saturated rings. The number of amides is 1. The summed E-state index contributed by atoms with van der Waals surface area (Å²) in [6.07, 6.45) is -0.415. The molecule has 0 bridgehead atoms. The fourth-order valence-electron chi connectivity index (χ4n) is 0.795. The fraction of sp³-hybridized carbons (Fsp3) is 0.889. The Morgan fingerprint density at radius 1 is 1.50 bits per heavy atom. The third kappa shape index (κ3) is 7.82. The summed E-state index contributed by atoms with van der Waals surface area (Å²) in [6, 6.07) is 0. The van der Waals surface area contributed by atoms with Crippen molar-refractivity contribution < 1.29 is 14.4 Å². The van der Waals surface area contributed by atoms with Crippen molar-refractivity contribution in [1.29, 1.82) is 0 Å². The van der Waals surface area contributed by atoms with Gasteiger partial charge in [-0.15, -0.1) is 0 Å². The summed E-state index contributed by atoms with van der Waals surface area (Å²) in [5.74, 6) is 5.07. The third-order valence-electron chi connectivity index (χ3n) is 1.37. The van der Waals surface area contributed by atoms with E-state index < -0.39 is 11.7 Å². The summed E-state index contributed by atoms with van der Waals surface area (Å²) >= 11 is 0. The summed E-state index contributed by atoms with van der Waals surface area (Å²) in [4.78, 5) is 15.6. The van der Waals surface area contributed by atoms with Crippen molar-refractivity contribution in [3.63, 3.8) is 0 Å². The van der Waals surface area contributed by atoms with Crippen molar-refractivity contribution in [2.45, 2.75) is 33.3 Å². The van der Waals surface area contributed by atoms with Gasteiger partial charge >= 0.3 is 6.09 Å². The lowest BCUT2D eigenvalue weighted by Crippen LogP contribution is -2.35. The lowest BCUT2D eigenvalue weighted by Gasteiger charge is -2.20. The van der Waals surface area contributed by atoms with E-state index in [-0.39, 0.29) is 5.92 Å². The Bertz CT molecular complexity index is 177. The van der Waals surface area contributed by atoms with E-state index in [4.69, 9.17) is 10.6 Å². The predicted molar refractivity (Wildman–Crippen MR) is 53.5 cm³/mol. The van der Waals surface area contributed by atoms with Gasteiger partial charge < -0.3 is 14.9 Å². The summed E-state index contributed by atoms with van der Waals surface area (Å²) in [5, 5.41) is 2.63. The fourth-order valence-corrected chi connectivity index (χ4v) is 0.795. The van der Waals surface area contributed by atoms with Crippen LogP contribution in [0.3, 0.4) is 0 Å². The van der Waals surface area contributed by atoms with Crippen LogP contribution in [0.1, 0.15) is 27.7 Å². The van der Waals surface area contributed by atoms with Gasteiger partial charge in [0.25, 0.3) is 0 Å². The van der Waals surface area contributed by atoms with Crippen LogP contribution in [0.4, 0.5) is 4.79 Å². The largest absolute Gasteiger partial charge is 0.444 e. The van der Waals surface area contributed by atoms with Gasteiger partial charge in [0.2, 0.25) is 0 Å². The Hall–Kier alpha value is -0.810. The standard InChI is InChI=1S/C9H20N2O3/c1-7(6-13-10)5-11-8(12)14-9(2,3)4/h7H,5-6,10H2,1-4H3,(H,11,12). The monoisotopic (exact) mass is 204 g/mol. The van der Waals surface area contributed by atoms with Gasteiger partial charge in [-0.25, -0.2) is 10.7 Å². The summed E-state index contributed by atoms with van der Waals surface area (Å²) in [7, 11) is 0. The smallest absolute Gasteiger partial charge is 0.407 e. The van der Waals surface area contributed by atoms with Gasteiger partial charge in [0.05, 0.1) is 6.61 Å². The molecular weight excluding hydrogens is 184 g/mol. The van der Waals surface area contributed by atoms with Crippen LogP contribution in [0.2, 0.25) is 0 Å². The van der Waals surface area contributed by atoms with Gasteiger partial charge in [0.1, 0.15) is 5.60 Å². The molecule has 0 aliphatic heterocycles. The Kier molecular flexibility index (Phi) is 5.49. The Labute approximate surface area is 84.9 Å². The zero-order valence-corrected chi connectivity index (χ0v) is 9.29. The van der Waals surface area contributed by atoms with Crippen LogP contribution >= 0.6 is 0 Å². The molecule has 0 aromatic heterocycles. The highest BCUT2D eigenvalue weighted by atomic mass is 16.6. The highest BCUT2D eigenvalue weighted by molar-refractivity contribution is 5.67. The molecule has 1 amide bonds. The van der Waals surface area contributed by atoms with E-state index in [1.165, 1.54) is 0 Å². The second-order valence-electron chi connectivity index (χ2n) is 4.32. The minimum absolute atomic E-state index is 0.174. The molecule has 1 unspecified atom stereocenters. The summed E-state index contributed by atoms with van der Waals surface area (Å²) in [6.45, 7) is 8.28. The minimum atomic E-state index is -0.461. The first kappa shape index (κ1) is 13.2. The molecular formula is C9H20N2O3. The van der Waals surface area contributed by atoms with Gasteiger partial charge in [-0.1, -0.05) is 6.92 Å². The van der Waals surface area contributed by atoms with E-state index in [0.717, 1.165) is 0 Å². The van der Waals surface area contributed by atoms with Crippen molar-refractivity contribution in [2.75, 3.05) is 13.2 Å². The maximum Gasteiger partial charge on any atom is 0.407 e. The average molecular weight is 204 g/mol. The van der Waals surface area contributed by atoms with Crippen LogP contribution in [-0.4, -0.2) is 24.8 Å². The van der Waals surface area contributed by atoms with E-state index in [2.05, 4.69) is 10.2 Å². The molecule has 0 aliphatic carbocycles. The molecule has 0 radical (unpaired) electrons. The first-order valence-electron chi connectivity index (χ1n) is 4.63. The third-order valence-corrected chi connectivity index (χ3v) is 1.37. The van der Waals surface area contributed by atoms with Gasteiger partial charge in [-0.3, -0.25) is 0 Å². The highest BCUT2D eigenvalue weighted by Crippen LogP contribution is 2.06. The Balaban J connectivity index is 3.64. The molecule has 5 heteroatoms. The van der Waals surface area contributed by atoms with Gasteiger partial charge in [-0.05, 0) is 26.7 Å². The number of hydrogen-bond donors (Lipinski definition) is 2. The van der Waals surface area contributed by atoms with Crippen LogP contribution < -0.4 is 11.2 Å². The number of alkyl carbamates (subject to hydrolysis) is 1. The van der Waals surface area contributed by atoms with Crippen molar-refractivity contribution in [3.05, 3.63) is 0 Å². The lowest BCUT2D eigenvalue weighted by molar-refractivity contribution is 0.0499. The van der Waals surface area contributed by atoms with Crippen molar-refractivity contribution in [1.82, 2.24) is 5.32 Å². The highest BCUT2D eigenvalue weighted by Gasteiger charge is 2.16. The van der Waals surface area contributed by atoms with Crippen LogP contribution in [0, 0.1) is 5.92 Å². The number of nitrogens with two attached hydrogens (primary N) is 1. The number of hydrogen-bond acceptors (Lipinski definition) is 4. The molecule has 0 rings (SSSR count). The summed E-state index contributed by atoms with van der Waals surface area (Å²) < 4.78 is 5.04. The topological polar surface area (TPSA) is 73.6 Å². The maximum atomic E-state index is 11.2. The zero-order chi connectivity index (χ0) is 11.2. The number of rotatable bonds is 4. The molecule has 14 heavy (non-hydrogen) atoms. The number of carbonyl (C=O) groups is 1. The Morgan fingerprint density at radius 2 is 2.07 bits per heavy atom. The van der Waals surface area contributed by atoms with Crippen LogP contribution in [0.25, 0.3) is 0 Å².